The van der Waals surface area contributed by atoms with Crippen molar-refractivity contribution in [1.82, 2.24) is 9.80 Å². The molecule has 1 amide bonds. The van der Waals surface area contributed by atoms with Gasteiger partial charge in [0.2, 0.25) is 0 Å². The van der Waals surface area contributed by atoms with Gasteiger partial charge in [-0.2, -0.15) is 0 Å². The molecule has 1 atom stereocenters. The van der Waals surface area contributed by atoms with Crippen molar-refractivity contribution < 1.29 is 24.4 Å². The summed E-state index contributed by atoms with van der Waals surface area (Å²) in [6, 6.07) is 9.88. The summed E-state index contributed by atoms with van der Waals surface area (Å²) < 4.78 is 5.22. The molecule has 9 nitrogen and oxygen atoms in total. The number of rotatable bonds is 9. The molecule has 2 aromatic rings. The number of hydrogen-bond acceptors (Lipinski definition) is 7. The molecule has 1 fully saturated rings. The van der Waals surface area contributed by atoms with Crippen LogP contribution in [0.5, 0.6) is 5.75 Å². The highest BCUT2D eigenvalue weighted by atomic mass is 16.6. The number of nitrogens with zero attached hydrogens (tertiary/aromatic N) is 3. The third-order valence-electron chi connectivity index (χ3n) is 6.20. The molecule has 2 aromatic carbocycles. The van der Waals surface area contributed by atoms with Crippen molar-refractivity contribution in [2.45, 2.75) is 26.8 Å². The standard InChI is InChI=1S/C25H29N3O6/c1-5-26(6-2)13-14-27-22(17-7-9-18(10-8-17)28(32)33)21(24(30)25(27)31)23(29)20-12-11-19(34-4)15-16(20)3/h7-12,15,22,29H,5-6,13-14H2,1-4H3/b23-21-. The summed E-state index contributed by atoms with van der Waals surface area (Å²) in [7, 11) is 1.53. The molecule has 1 aliphatic heterocycles. The predicted molar refractivity (Wildman–Crippen MR) is 128 cm³/mol. The lowest BCUT2D eigenvalue weighted by Crippen LogP contribution is -2.38. The van der Waals surface area contributed by atoms with Gasteiger partial charge in [0.1, 0.15) is 11.5 Å². The fourth-order valence-electron chi connectivity index (χ4n) is 4.20. The zero-order valence-electron chi connectivity index (χ0n) is 19.8. The van der Waals surface area contributed by atoms with Crippen LogP contribution in [0.15, 0.2) is 48.0 Å². The number of ketones is 1. The Balaban J connectivity index is 2.13. The van der Waals surface area contributed by atoms with E-state index in [4.69, 9.17) is 4.74 Å². The first-order valence-electron chi connectivity index (χ1n) is 11.1. The molecule has 0 aliphatic carbocycles. The molecule has 34 heavy (non-hydrogen) atoms. The van der Waals surface area contributed by atoms with Gasteiger partial charge in [0.05, 0.1) is 23.6 Å². The SMILES string of the molecule is CCN(CC)CCN1C(=O)C(=O)/C(=C(\O)c2ccc(OC)cc2C)C1c1ccc([N+](=O)[O-])cc1. The van der Waals surface area contributed by atoms with Crippen molar-refractivity contribution in [3.8, 4) is 5.75 Å². The Morgan fingerprint density at radius 2 is 1.79 bits per heavy atom. The number of non-ortho nitro benzene ring substituents is 1. The van der Waals surface area contributed by atoms with Crippen LogP contribution in [0.3, 0.4) is 0 Å². The lowest BCUT2D eigenvalue weighted by Gasteiger charge is -2.28. The second-order valence-corrected chi connectivity index (χ2v) is 8.05. The van der Waals surface area contributed by atoms with Crippen molar-refractivity contribution in [1.29, 1.82) is 0 Å². The van der Waals surface area contributed by atoms with E-state index in [9.17, 15) is 24.8 Å². The number of Topliss-reactive ketones (excluding diaryl/α,β-unsaturated/α-hetero) is 1. The molecule has 1 heterocycles. The number of nitro groups is 1. The molecular formula is C25H29N3O6. The lowest BCUT2D eigenvalue weighted by molar-refractivity contribution is -0.384. The monoisotopic (exact) mass is 467 g/mol. The number of ether oxygens (including phenoxy) is 1. The van der Waals surface area contributed by atoms with Crippen molar-refractivity contribution in [2.75, 3.05) is 33.3 Å². The van der Waals surface area contributed by atoms with Crippen LogP contribution in [-0.4, -0.2) is 64.8 Å². The molecule has 0 saturated carbocycles. The smallest absolute Gasteiger partial charge is 0.295 e. The van der Waals surface area contributed by atoms with E-state index in [-0.39, 0.29) is 23.6 Å². The van der Waals surface area contributed by atoms with Crippen molar-refractivity contribution in [3.05, 3.63) is 74.8 Å². The number of carbonyl (C=O) groups is 2. The number of aryl methyl sites for hydroxylation is 1. The average molecular weight is 468 g/mol. The Kier molecular flexibility index (Phi) is 7.68. The highest BCUT2D eigenvalue weighted by molar-refractivity contribution is 6.46. The lowest BCUT2D eigenvalue weighted by atomic mass is 9.93. The molecule has 1 unspecified atom stereocenters. The summed E-state index contributed by atoms with van der Waals surface area (Å²) in [6.45, 7) is 8.18. The number of methoxy groups -OCH3 is 1. The number of nitro benzene ring substituents is 1. The number of hydrogen-bond donors (Lipinski definition) is 1. The first-order chi connectivity index (χ1) is 16.2. The van der Waals surface area contributed by atoms with Gasteiger partial charge in [-0.15, -0.1) is 0 Å². The molecule has 0 spiro atoms. The molecule has 9 heteroatoms. The maximum atomic E-state index is 13.2. The molecule has 1 aliphatic rings. The number of aliphatic hydroxyl groups is 1. The van der Waals surface area contributed by atoms with Crippen LogP contribution in [0.4, 0.5) is 5.69 Å². The van der Waals surface area contributed by atoms with Gasteiger partial charge in [0.15, 0.2) is 0 Å². The van der Waals surface area contributed by atoms with Gasteiger partial charge in [0, 0.05) is 30.8 Å². The minimum Gasteiger partial charge on any atom is -0.507 e. The van der Waals surface area contributed by atoms with Gasteiger partial charge in [-0.25, -0.2) is 0 Å². The quantitative estimate of drug-likeness (QED) is 0.197. The highest BCUT2D eigenvalue weighted by Crippen LogP contribution is 2.40. The molecule has 0 bridgehead atoms. The number of carbonyl (C=O) groups excluding carboxylic acids is 2. The normalized spacial score (nSPS) is 17.4. The summed E-state index contributed by atoms with van der Waals surface area (Å²) in [5.74, 6) is -1.17. The Hall–Kier alpha value is -3.72. The minimum absolute atomic E-state index is 0.0355. The van der Waals surface area contributed by atoms with E-state index in [1.807, 2.05) is 13.8 Å². The Morgan fingerprint density at radius 3 is 2.32 bits per heavy atom. The molecule has 0 aromatic heterocycles. The van der Waals surface area contributed by atoms with E-state index in [1.54, 1.807) is 25.1 Å². The predicted octanol–water partition coefficient (Wildman–Crippen LogP) is 3.68. The van der Waals surface area contributed by atoms with Crippen LogP contribution < -0.4 is 4.74 Å². The number of benzene rings is 2. The summed E-state index contributed by atoms with van der Waals surface area (Å²) in [5.41, 5.74) is 1.46. The van der Waals surface area contributed by atoms with Gasteiger partial charge in [-0.3, -0.25) is 19.7 Å². The Bertz CT molecular complexity index is 1120. The third kappa shape index (κ3) is 4.79. The molecule has 0 radical (unpaired) electrons. The zero-order valence-corrected chi connectivity index (χ0v) is 19.8. The van der Waals surface area contributed by atoms with Crippen molar-refractivity contribution in [2.24, 2.45) is 0 Å². The van der Waals surface area contributed by atoms with E-state index < -0.39 is 22.7 Å². The number of aliphatic hydroxyl groups excluding tert-OH is 1. The van der Waals surface area contributed by atoms with Gasteiger partial charge < -0.3 is 19.6 Å². The highest BCUT2D eigenvalue weighted by Gasteiger charge is 2.46. The third-order valence-corrected chi connectivity index (χ3v) is 6.20. The molecule has 1 N–H and O–H groups in total. The van der Waals surface area contributed by atoms with Crippen LogP contribution in [-0.2, 0) is 9.59 Å². The number of likely N-dealkylation sites (tertiary alicyclic amines) is 1. The first-order valence-corrected chi connectivity index (χ1v) is 11.1. The second-order valence-electron chi connectivity index (χ2n) is 8.05. The van der Waals surface area contributed by atoms with E-state index in [2.05, 4.69) is 4.90 Å². The summed E-state index contributed by atoms with van der Waals surface area (Å²) >= 11 is 0. The summed E-state index contributed by atoms with van der Waals surface area (Å²) in [6.07, 6.45) is 0. The zero-order chi connectivity index (χ0) is 25.0. The number of likely N-dealkylation sites (N-methyl/N-ethyl adjacent to an activating group) is 1. The van der Waals surface area contributed by atoms with Crippen LogP contribution in [0.2, 0.25) is 0 Å². The second kappa shape index (κ2) is 10.5. The van der Waals surface area contributed by atoms with E-state index in [1.165, 1.54) is 36.3 Å². The molecule has 3 rings (SSSR count). The van der Waals surface area contributed by atoms with Crippen LogP contribution in [0.1, 0.15) is 36.6 Å². The van der Waals surface area contributed by atoms with Gasteiger partial charge in [-0.05, 0) is 61.5 Å². The largest absolute Gasteiger partial charge is 0.507 e. The Labute approximate surface area is 198 Å². The van der Waals surface area contributed by atoms with Crippen LogP contribution in [0.25, 0.3) is 5.76 Å². The fraction of sp³-hybridized carbons (Fsp3) is 0.360. The Morgan fingerprint density at radius 1 is 1.15 bits per heavy atom. The molecular weight excluding hydrogens is 438 g/mol. The first kappa shape index (κ1) is 24.9. The number of amides is 1. The van der Waals surface area contributed by atoms with Crippen LogP contribution >= 0.6 is 0 Å². The minimum atomic E-state index is -0.863. The van der Waals surface area contributed by atoms with E-state index in [0.717, 1.165) is 13.1 Å². The van der Waals surface area contributed by atoms with Gasteiger partial charge in [-0.1, -0.05) is 13.8 Å². The summed E-state index contributed by atoms with van der Waals surface area (Å²) in [4.78, 5) is 40.4. The fourth-order valence-corrected chi connectivity index (χ4v) is 4.20. The van der Waals surface area contributed by atoms with Gasteiger partial charge >= 0.3 is 0 Å². The average Bonchev–Trinajstić information content (AvgIpc) is 3.09. The van der Waals surface area contributed by atoms with Crippen molar-refractivity contribution in [3.63, 3.8) is 0 Å². The van der Waals surface area contributed by atoms with E-state index in [0.29, 0.717) is 29.0 Å². The van der Waals surface area contributed by atoms with Crippen molar-refractivity contribution >= 4 is 23.1 Å². The van der Waals surface area contributed by atoms with Gasteiger partial charge in [0.25, 0.3) is 17.4 Å². The summed E-state index contributed by atoms with van der Waals surface area (Å²) in [5, 5.41) is 22.4. The maximum absolute atomic E-state index is 13.2. The molecule has 1 saturated heterocycles. The van der Waals surface area contributed by atoms with Crippen LogP contribution in [0, 0.1) is 17.0 Å². The maximum Gasteiger partial charge on any atom is 0.295 e. The van der Waals surface area contributed by atoms with E-state index >= 15 is 0 Å². The topological polar surface area (TPSA) is 113 Å². The molecule has 180 valence electrons.